The lowest BCUT2D eigenvalue weighted by atomic mass is 10.0. The van der Waals surface area contributed by atoms with Gasteiger partial charge in [0.25, 0.3) is 5.91 Å². The van der Waals surface area contributed by atoms with Gasteiger partial charge in [-0.2, -0.15) is 0 Å². The summed E-state index contributed by atoms with van der Waals surface area (Å²) in [7, 11) is 0. The Balaban J connectivity index is 1.44. The van der Waals surface area contributed by atoms with Crippen LogP contribution in [0.4, 0.5) is 0 Å². The molecule has 1 amide bonds. The van der Waals surface area contributed by atoms with Gasteiger partial charge in [-0.3, -0.25) is 4.79 Å². The fourth-order valence-corrected chi connectivity index (χ4v) is 4.34. The molecule has 150 valence electrons. The summed E-state index contributed by atoms with van der Waals surface area (Å²) in [6, 6.07) is 12.6. The Kier molecular flexibility index (Phi) is 6.45. The number of amides is 1. The minimum absolute atomic E-state index is 0.0490. The van der Waals surface area contributed by atoms with E-state index < -0.39 is 0 Å². The fraction of sp³-hybridized carbons (Fsp3) is 0.522. The highest BCUT2D eigenvalue weighted by Crippen LogP contribution is 2.27. The highest BCUT2D eigenvalue weighted by Gasteiger charge is 2.20. The molecule has 5 nitrogen and oxygen atoms in total. The average molecular weight is 384 g/mol. The van der Waals surface area contributed by atoms with E-state index in [4.69, 9.17) is 9.47 Å². The number of nitrogens with one attached hydrogen (secondary N) is 2. The molecule has 0 bridgehead atoms. The summed E-state index contributed by atoms with van der Waals surface area (Å²) in [5.41, 5.74) is 1.22. The van der Waals surface area contributed by atoms with E-state index in [0.29, 0.717) is 6.54 Å². The number of piperidine rings is 1. The van der Waals surface area contributed by atoms with Crippen molar-refractivity contribution in [2.75, 3.05) is 32.8 Å². The van der Waals surface area contributed by atoms with Crippen LogP contribution in [0.5, 0.6) is 5.75 Å². The van der Waals surface area contributed by atoms with Crippen molar-refractivity contribution in [3.63, 3.8) is 0 Å². The van der Waals surface area contributed by atoms with E-state index in [2.05, 4.69) is 35.6 Å². The predicted molar refractivity (Wildman–Crippen MR) is 110 cm³/mol. The lowest BCUT2D eigenvalue weighted by Gasteiger charge is -2.25. The zero-order chi connectivity index (χ0) is 19.2. The van der Waals surface area contributed by atoms with Crippen molar-refractivity contribution in [3.05, 3.63) is 42.0 Å². The summed E-state index contributed by atoms with van der Waals surface area (Å²) in [4.78, 5) is 13.8. The van der Waals surface area contributed by atoms with Gasteiger partial charge in [-0.25, -0.2) is 0 Å². The van der Waals surface area contributed by atoms with Gasteiger partial charge in [-0.1, -0.05) is 30.3 Å². The molecule has 2 aromatic carbocycles. The second-order valence-electron chi connectivity index (χ2n) is 7.98. The molecule has 0 aromatic heterocycles. The average Bonchev–Trinajstić information content (AvgIpc) is 3.26. The Morgan fingerprint density at radius 3 is 2.79 bits per heavy atom. The third kappa shape index (κ3) is 4.83. The Hall–Kier alpha value is -2.11. The SMILES string of the molecule is O=C(COc1ccc2ccccc2c1C[NH+]1CCCCC1)NC[C@@H]1CCCO1. The molecule has 2 aromatic rings. The van der Waals surface area contributed by atoms with Crippen LogP contribution in [-0.4, -0.2) is 44.9 Å². The maximum absolute atomic E-state index is 12.2. The van der Waals surface area contributed by atoms with Crippen molar-refractivity contribution in [2.24, 2.45) is 0 Å². The van der Waals surface area contributed by atoms with Crippen LogP contribution < -0.4 is 15.0 Å². The van der Waals surface area contributed by atoms with Crippen molar-refractivity contribution >= 4 is 16.7 Å². The number of carbonyl (C=O) groups is 1. The number of hydrogen-bond acceptors (Lipinski definition) is 3. The molecule has 5 heteroatoms. The number of ether oxygens (including phenoxy) is 2. The van der Waals surface area contributed by atoms with Crippen LogP contribution in [0, 0.1) is 0 Å². The minimum Gasteiger partial charge on any atom is -0.483 e. The Morgan fingerprint density at radius 2 is 1.96 bits per heavy atom. The van der Waals surface area contributed by atoms with Crippen LogP contribution in [0.15, 0.2) is 36.4 Å². The van der Waals surface area contributed by atoms with Gasteiger partial charge in [0.2, 0.25) is 0 Å². The summed E-state index contributed by atoms with van der Waals surface area (Å²) in [5, 5.41) is 5.40. The van der Waals surface area contributed by atoms with Crippen molar-refractivity contribution < 1.29 is 19.2 Å². The van der Waals surface area contributed by atoms with Crippen molar-refractivity contribution in [2.45, 2.75) is 44.8 Å². The first-order chi connectivity index (χ1) is 13.8. The minimum atomic E-state index is -0.0834. The fourth-order valence-electron chi connectivity index (χ4n) is 4.34. The maximum Gasteiger partial charge on any atom is 0.258 e. The summed E-state index contributed by atoms with van der Waals surface area (Å²) in [6.45, 7) is 4.80. The first kappa shape index (κ1) is 19.2. The first-order valence-corrected chi connectivity index (χ1v) is 10.6. The standard InChI is InChI=1S/C23H30N2O3/c26-23(24-15-19-8-6-14-27-19)17-28-22-11-10-18-7-2-3-9-20(18)21(22)16-25-12-4-1-5-13-25/h2-3,7,9-11,19H,1,4-6,8,12-17H2,(H,24,26)/p+1/t19-/m0/s1. The maximum atomic E-state index is 12.2. The van der Waals surface area contributed by atoms with E-state index in [-0.39, 0.29) is 18.6 Å². The molecule has 2 fully saturated rings. The molecule has 0 spiro atoms. The Morgan fingerprint density at radius 1 is 1.11 bits per heavy atom. The van der Waals surface area contributed by atoms with Gasteiger partial charge >= 0.3 is 0 Å². The van der Waals surface area contributed by atoms with Gasteiger partial charge in [0, 0.05) is 13.2 Å². The molecule has 2 heterocycles. The lowest BCUT2D eigenvalue weighted by molar-refractivity contribution is -0.918. The van der Waals surface area contributed by atoms with Gasteiger partial charge in [0.05, 0.1) is 24.8 Å². The van der Waals surface area contributed by atoms with Gasteiger partial charge in [0.15, 0.2) is 6.61 Å². The topological polar surface area (TPSA) is 52.0 Å². The smallest absolute Gasteiger partial charge is 0.258 e. The number of likely N-dealkylation sites (tertiary alicyclic amines) is 1. The van der Waals surface area contributed by atoms with E-state index in [9.17, 15) is 4.79 Å². The van der Waals surface area contributed by atoms with E-state index in [1.165, 1.54) is 48.7 Å². The van der Waals surface area contributed by atoms with Crippen LogP contribution in [0.25, 0.3) is 10.8 Å². The number of carbonyl (C=O) groups excluding carboxylic acids is 1. The molecule has 2 saturated heterocycles. The van der Waals surface area contributed by atoms with E-state index in [1.807, 2.05) is 6.07 Å². The van der Waals surface area contributed by atoms with Crippen LogP contribution in [0.3, 0.4) is 0 Å². The summed E-state index contributed by atoms with van der Waals surface area (Å²) < 4.78 is 11.6. The third-order valence-corrected chi connectivity index (χ3v) is 5.89. The first-order valence-electron chi connectivity index (χ1n) is 10.6. The van der Waals surface area contributed by atoms with Crippen LogP contribution in [0.2, 0.25) is 0 Å². The highest BCUT2D eigenvalue weighted by molar-refractivity contribution is 5.87. The molecular weight excluding hydrogens is 352 g/mol. The van der Waals surface area contributed by atoms with E-state index >= 15 is 0 Å². The summed E-state index contributed by atoms with van der Waals surface area (Å²) in [5.74, 6) is 0.754. The van der Waals surface area contributed by atoms with Gasteiger partial charge in [-0.15, -0.1) is 0 Å². The van der Waals surface area contributed by atoms with Gasteiger partial charge < -0.3 is 19.7 Å². The third-order valence-electron chi connectivity index (χ3n) is 5.89. The molecule has 0 saturated carbocycles. The summed E-state index contributed by atoms with van der Waals surface area (Å²) >= 11 is 0. The number of rotatable bonds is 7. The lowest BCUT2D eigenvalue weighted by Crippen LogP contribution is -3.11. The molecule has 0 aliphatic carbocycles. The Bertz CT molecular complexity index is 796. The quantitative estimate of drug-likeness (QED) is 0.770. The van der Waals surface area contributed by atoms with Crippen molar-refractivity contribution in [1.82, 2.24) is 5.32 Å². The molecule has 4 rings (SSSR count). The molecule has 0 radical (unpaired) electrons. The number of quaternary nitrogens is 1. The number of hydrogen-bond donors (Lipinski definition) is 2. The van der Waals surface area contributed by atoms with Crippen LogP contribution in [-0.2, 0) is 16.1 Å². The number of benzene rings is 2. The number of fused-ring (bicyclic) bond motifs is 1. The molecule has 0 unspecified atom stereocenters. The zero-order valence-corrected chi connectivity index (χ0v) is 16.5. The van der Waals surface area contributed by atoms with Crippen LogP contribution in [0.1, 0.15) is 37.7 Å². The Labute approximate surface area is 167 Å². The van der Waals surface area contributed by atoms with Crippen molar-refractivity contribution in [3.8, 4) is 5.75 Å². The second-order valence-corrected chi connectivity index (χ2v) is 7.98. The van der Waals surface area contributed by atoms with Crippen LogP contribution >= 0.6 is 0 Å². The van der Waals surface area contributed by atoms with Crippen molar-refractivity contribution in [1.29, 1.82) is 0 Å². The molecular formula is C23H31N2O3+. The normalized spacial score (nSPS) is 20.4. The van der Waals surface area contributed by atoms with Gasteiger partial charge in [-0.05, 0) is 48.9 Å². The predicted octanol–water partition coefficient (Wildman–Crippen LogP) is 2.08. The van der Waals surface area contributed by atoms with E-state index in [0.717, 1.165) is 31.7 Å². The summed E-state index contributed by atoms with van der Waals surface area (Å²) in [6.07, 6.45) is 6.19. The molecule has 2 aliphatic rings. The second kappa shape index (κ2) is 9.39. The van der Waals surface area contributed by atoms with Gasteiger partial charge in [0.1, 0.15) is 12.3 Å². The molecule has 2 N–H and O–H groups in total. The largest absolute Gasteiger partial charge is 0.483 e. The molecule has 28 heavy (non-hydrogen) atoms. The zero-order valence-electron chi connectivity index (χ0n) is 16.5. The monoisotopic (exact) mass is 383 g/mol. The molecule has 1 atom stereocenters. The van der Waals surface area contributed by atoms with E-state index in [1.54, 1.807) is 4.90 Å². The highest BCUT2D eigenvalue weighted by atomic mass is 16.5. The molecule has 2 aliphatic heterocycles.